The van der Waals surface area contributed by atoms with Crippen molar-refractivity contribution in [3.05, 3.63) is 23.7 Å². The normalized spacial score (nSPS) is 26.8. The van der Waals surface area contributed by atoms with Crippen LogP contribution in [0.4, 0.5) is 0 Å². The van der Waals surface area contributed by atoms with Gasteiger partial charge in [-0.05, 0) is 63.5 Å². The minimum absolute atomic E-state index is 0.0723. The minimum Gasteiger partial charge on any atom is -0.465 e. The van der Waals surface area contributed by atoms with Gasteiger partial charge in [-0.3, -0.25) is 9.69 Å². The van der Waals surface area contributed by atoms with E-state index in [2.05, 4.69) is 16.3 Å². The zero-order valence-corrected chi connectivity index (χ0v) is 14.6. The third-order valence-electron chi connectivity index (χ3n) is 5.75. The number of nitrogens with zero attached hydrogens (tertiary/aromatic N) is 1. The number of carbonyl (C=O) groups excluding carboxylic acids is 1. The van der Waals surface area contributed by atoms with Crippen molar-refractivity contribution in [2.45, 2.75) is 63.7 Å². The Labute approximate surface area is 143 Å². The number of furan rings is 1. The Morgan fingerprint density at radius 1 is 1.25 bits per heavy atom. The maximum Gasteiger partial charge on any atom is 0.249 e. The molecule has 3 fully saturated rings. The molecule has 2 saturated heterocycles. The predicted molar refractivity (Wildman–Crippen MR) is 90.5 cm³/mol. The van der Waals surface area contributed by atoms with Gasteiger partial charge in [0.05, 0.1) is 12.1 Å². The van der Waals surface area contributed by atoms with Crippen molar-refractivity contribution >= 4 is 5.91 Å². The first-order valence-corrected chi connectivity index (χ1v) is 9.35. The first kappa shape index (κ1) is 16.2. The number of rotatable bonds is 5. The number of likely N-dealkylation sites (tertiary alicyclic amines) is 1. The zero-order valence-electron chi connectivity index (χ0n) is 14.6. The maximum absolute atomic E-state index is 12.3. The Balaban J connectivity index is 1.25. The second kappa shape index (κ2) is 6.52. The lowest BCUT2D eigenvalue weighted by Crippen LogP contribution is -2.45. The number of aryl methyl sites for hydroxylation is 1. The van der Waals surface area contributed by atoms with Gasteiger partial charge < -0.3 is 14.5 Å². The van der Waals surface area contributed by atoms with Crippen LogP contribution in [0.3, 0.4) is 0 Å². The van der Waals surface area contributed by atoms with E-state index in [9.17, 15) is 4.79 Å². The smallest absolute Gasteiger partial charge is 0.249 e. The van der Waals surface area contributed by atoms with Crippen LogP contribution in [0.1, 0.15) is 50.0 Å². The number of piperidine rings is 1. The number of amides is 1. The molecule has 4 rings (SSSR count). The van der Waals surface area contributed by atoms with E-state index < -0.39 is 0 Å². The fourth-order valence-corrected chi connectivity index (χ4v) is 3.96. The van der Waals surface area contributed by atoms with Crippen molar-refractivity contribution in [2.24, 2.45) is 5.92 Å². The molecule has 0 radical (unpaired) electrons. The molecule has 1 N–H and O–H groups in total. The molecule has 1 aromatic rings. The molecule has 0 aromatic carbocycles. The Morgan fingerprint density at radius 3 is 2.71 bits per heavy atom. The highest BCUT2D eigenvalue weighted by molar-refractivity contribution is 5.81. The fourth-order valence-electron chi connectivity index (χ4n) is 3.96. The van der Waals surface area contributed by atoms with Crippen LogP contribution in [0.2, 0.25) is 0 Å². The summed E-state index contributed by atoms with van der Waals surface area (Å²) in [6, 6.07) is 4.08. The molecule has 5 nitrogen and oxygen atoms in total. The van der Waals surface area contributed by atoms with Gasteiger partial charge in [-0.1, -0.05) is 0 Å². The van der Waals surface area contributed by atoms with Crippen molar-refractivity contribution in [2.75, 3.05) is 19.6 Å². The van der Waals surface area contributed by atoms with Gasteiger partial charge in [0.15, 0.2) is 0 Å². The van der Waals surface area contributed by atoms with Crippen molar-refractivity contribution in [3.63, 3.8) is 0 Å². The van der Waals surface area contributed by atoms with Gasteiger partial charge in [-0.25, -0.2) is 0 Å². The summed E-state index contributed by atoms with van der Waals surface area (Å²) < 4.78 is 11.9. The van der Waals surface area contributed by atoms with Gasteiger partial charge >= 0.3 is 0 Å². The van der Waals surface area contributed by atoms with Gasteiger partial charge in [-0.2, -0.15) is 0 Å². The Bertz CT molecular complexity index is 585. The van der Waals surface area contributed by atoms with E-state index in [0.29, 0.717) is 0 Å². The van der Waals surface area contributed by atoms with Crippen molar-refractivity contribution in [1.29, 1.82) is 0 Å². The largest absolute Gasteiger partial charge is 0.465 e. The number of ether oxygens (including phenoxy) is 1. The van der Waals surface area contributed by atoms with E-state index in [1.807, 2.05) is 13.0 Å². The topological polar surface area (TPSA) is 54.7 Å². The van der Waals surface area contributed by atoms with Gasteiger partial charge in [-0.15, -0.1) is 0 Å². The van der Waals surface area contributed by atoms with E-state index in [0.717, 1.165) is 69.3 Å². The highest BCUT2D eigenvalue weighted by atomic mass is 16.5. The average Bonchev–Trinajstić information content (AvgIpc) is 3.19. The van der Waals surface area contributed by atoms with Crippen LogP contribution in [-0.2, 0) is 16.1 Å². The number of nitrogens with one attached hydrogen (secondary N) is 1. The lowest BCUT2D eigenvalue weighted by molar-refractivity contribution is -0.141. The van der Waals surface area contributed by atoms with Crippen molar-refractivity contribution in [3.8, 4) is 0 Å². The number of hydrogen-bond donors (Lipinski definition) is 1. The highest BCUT2D eigenvalue weighted by Gasteiger charge is 2.44. The summed E-state index contributed by atoms with van der Waals surface area (Å²) in [6.07, 6.45) is 6.21. The molecular formula is C19H28N2O3. The molecule has 1 amide bonds. The minimum atomic E-state index is -0.233. The summed E-state index contributed by atoms with van der Waals surface area (Å²) >= 11 is 0. The molecule has 1 aromatic heterocycles. The van der Waals surface area contributed by atoms with Crippen LogP contribution in [0.15, 0.2) is 16.5 Å². The molecule has 3 aliphatic rings. The third-order valence-corrected chi connectivity index (χ3v) is 5.75. The van der Waals surface area contributed by atoms with E-state index in [1.165, 1.54) is 12.8 Å². The van der Waals surface area contributed by atoms with Crippen LogP contribution in [0.25, 0.3) is 0 Å². The van der Waals surface area contributed by atoms with Crippen molar-refractivity contribution in [1.82, 2.24) is 10.2 Å². The molecule has 1 spiro atoms. The molecule has 0 bridgehead atoms. The van der Waals surface area contributed by atoms with Crippen LogP contribution in [0, 0.1) is 12.8 Å². The summed E-state index contributed by atoms with van der Waals surface area (Å²) in [6.45, 7) is 5.71. The first-order chi connectivity index (χ1) is 11.6. The van der Waals surface area contributed by atoms with Gasteiger partial charge in [0.25, 0.3) is 0 Å². The lowest BCUT2D eigenvalue weighted by Gasteiger charge is -2.38. The Kier molecular flexibility index (Phi) is 4.39. The summed E-state index contributed by atoms with van der Waals surface area (Å²) in [5, 5.41) is 3.07. The molecule has 5 heteroatoms. The molecule has 0 unspecified atom stereocenters. The highest BCUT2D eigenvalue weighted by Crippen LogP contribution is 2.39. The van der Waals surface area contributed by atoms with Gasteiger partial charge in [0.2, 0.25) is 5.91 Å². The molecule has 1 atom stereocenters. The number of carbonyl (C=O) groups is 1. The average molecular weight is 332 g/mol. The molecule has 3 heterocycles. The second-order valence-electron chi connectivity index (χ2n) is 7.81. The van der Waals surface area contributed by atoms with Crippen LogP contribution in [-0.4, -0.2) is 42.1 Å². The van der Waals surface area contributed by atoms with Gasteiger partial charge in [0.1, 0.15) is 17.6 Å². The standard InChI is InChI=1S/C19H28N2O3/c1-14-2-5-16(23-14)13-21-10-8-19(9-11-21)7-6-17(24-19)18(22)20-12-15-3-4-15/h2,5,15,17H,3-4,6-13H2,1H3,(H,20,22)/t17-/m0/s1. The molecule has 132 valence electrons. The summed E-state index contributed by atoms with van der Waals surface area (Å²) in [5.74, 6) is 2.83. The third kappa shape index (κ3) is 3.67. The molecule has 2 aliphatic heterocycles. The summed E-state index contributed by atoms with van der Waals surface area (Å²) in [7, 11) is 0. The fraction of sp³-hybridized carbons (Fsp3) is 0.737. The van der Waals surface area contributed by atoms with Crippen LogP contribution < -0.4 is 5.32 Å². The summed E-state index contributed by atoms with van der Waals surface area (Å²) in [5.41, 5.74) is -0.0723. The van der Waals surface area contributed by atoms with Crippen molar-refractivity contribution < 1.29 is 13.9 Å². The predicted octanol–water partition coefficient (Wildman–Crippen LogP) is 2.63. The summed E-state index contributed by atoms with van der Waals surface area (Å²) in [4.78, 5) is 14.7. The quantitative estimate of drug-likeness (QED) is 0.900. The van der Waals surface area contributed by atoms with Crippen LogP contribution >= 0.6 is 0 Å². The van der Waals surface area contributed by atoms with E-state index >= 15 is 0 Å². The van der Waals surface area contributed by atoms with Crippen LogP contribution in [0.5, 0.6) is 0 Å². The number of hydrogen-bond acceptors (Lipinski definition) is 4. The molecule has 24 heavy (non-hydrogen) atoms. The first-order valence-electron chi connectivity index (χ1n) is 9.35. The molecular weight excluding hydrogens is 304 g/mol. The molecule has 1 saturated carbocycles. The monoisotopic (exact) mass is 332 g/mol. The van der Waals surface area contributed by atoms with E-state index in [1.54, 1.807) is 0 Å². The lowest BCUT2D eigenvalue weighted by atomic mass is 9.88. The SMILES string of the molecule is Cc1ccc(CN2CCC3(CC[C@@H](C(=O)NCC4CC4)O3)CC2)o1. The zero-order chi connectivity index (χ0) is 16.6. The Morgan fingerprint density at radius 2 is 2.04 bits per heavy atom. The maximum atomic E-state index is 12.3. The van der Waals surface area contributed by atoms with Gasteiger partial charge in [0, 0.05) is 19.6 Å². The van der Waals surface area contributed by atoms with E-state index in [-0.39, 0.29) is 17.6 Å². The second-order valence-corrected chi connectivity index (χ2v) is 7.81. The van der Waals surface area contributed by atoms with E-state index in [4.69, 9.17) is 9.15 Å². The molecule has 1 aliphatic carbocycles. The Hall–Kier alpha value is -1.33.